The summed E-state index contributed by atoms with van der Waals surface area (Å²) < 4.78 is 0. The van der Waals surface area contributed by atoms with Gasteiger partial charge in [0.1, 0.15) is 5.82 Å². The Morgan fingerprint density at radius 1 is 1.00 bits per heavy atom. The largest absolute Gasteiger partial charge is 0.369 e. The number of amides is 1. The van der Waals surface area contributed by atoms with Gasteiger partial charge in [-0.15, -0.1) is 0 Å². The third-order valence-electron chi connectivity index (χ3n) is 5.49. The third kappa shape index (κ3) is 5.23. The van der Waals surface area contributed by atoms with E-state index in [1.807, 2.05) is 30.3 Å². The van der Waals surface area contributed by atoms with Gasteiger partial charge in [0.25, 0.3) is 0 Å². The summed E-state index contributed by atoms with van der Waals surface area (Å²) in [6.45, 7) is 1.18. The van der Waals surface area contributed by atoms with Crippen LogP contribution in [0.25, 0.3) is 10.9 Å². The van der Waals surface area contributed by atoms with Crippen LogP contribution in [0.1, 0.15) is 37.1 Å². The minimum Gasteiger partial charge on any atom is -0.369 e. The number of carbonyl (C=O) groups is 1. The van der Waals surface area contributed by atoms with E-state index in [1.165, 1.54) is 5.56 Å². The quantitative estimate of drug-likeness (QED) is 0.427. The summed E-state index contributed by atoms with van der Waals surface area (Å²) in [6.07, 6.45) is 8.98. The Morgan fingerprint density at radius 3 is 2.67 bits per heavy atom. The van der Waals surface area contributed by atoms with E-state index < -0.39 is 0 Å². The van der Waals surface area contributed by atoms with E-state index in [0.29, 0.717) is 12.4 Å². The Morgan fingerprint density at radius 2 is 1.83 bits per heavy atom. The highest BCUT2D eigenvalue weighted by molar-refractivity contribution is 5.89. The van der Waals surface area contributed by atoms with E-state index in [4.69, 9.17) is 4.98 Å². The average Bonchev–Trinajstić information content (AvgIpc) is 2.81. The van der Waals surface area contributed by atoms with Crippen LogP contribution in [-0.4, -0.2) is 22.4 Å². The van der Waals surface area contributed by atoms with E-state index in [-0.39, 0.29) is 11.8 Å². The van der Waals surface area contributed by atoms with Crippen molar-refractivity contribution in [2.75, 3.05) is 11.9 Å². The Hall–Kier alpha value is -3.21. The van der Waals surface area contributed by atoms with Crippen LogP contribution in [0.2, 0.25) is 0 Å². The Labute approximate surface area is 177 Å². The molecule has 1 aliphatic rings. The summed E-state index contributed by atoms with van der Waals surface area (Å²) >= 11 is 0. The molecule has 154 valence electrons. The molecule has 0 saturated carbocycles. The lowest BCUT2D eigenvalue weighted by atomic mass is 9.94. The first kappa shape index (κ1) is 20.1. The molecule has 2 aromatic carbocycles. The molecule has 1 unspecified atom stereocenters. The molecule has 3 aromatic rings. The molecule has 0 bridgehead atoms. The summed E-state index contributed by atoms with van der Waals surface area (Å²) in [5, 5.41) is 7.50. The standard InChI is InChI=1S/C25H28N4O/c30-25(20-13-5-2-6-14-20)27-18-23-28-22-16-8-7-15-21(22)24(29-23)26-17-9-12-19-10-3-1-4-11-19/h1-5,7-8,10-11,15-16,20H,6,9,12-14,17-18H2,(H,27,30)(H,26,28,29). The van der Waals surface area contributed by atoms with Crippen molar-refractivity contribution >= 4 is 22.6 Å². The lowest BCUT2D eigenvalue weighted by Gasteiger charge is -2.17. The van der Waals surface area contributed by atoms with Crippen LogP contribution in [0.15, 0.2) is 66.7 Å². The molecule has 2 N–H and O–H groups in total. The van der Waals surface area contributed by atoms with Crippen LogP contribution >= 0.6 is 0 Å². The molecule has 1 heterocycles. The van der Waals surface area contributed by atoms with Crippen molar-refractivity contribution in [1.29, 1.82) is 0 Å². The number of anilines is 1. The highest BCUT2D eigenvalue weighted by atomic mass is 16.1. The van der Waals surface area contributed by atoms with Gasteiger partial charge in [0.15, 0.2) is 5.82 Å². The third-order valence-corrected chi connectivity index (χ3v) is 5.49. The molecule has 5 nitrogen and oxygen atoms in total. The van der Waals surface area contributed by atoms with Crippen molar-refractivity contribution in [2.24, 2.45) is 5.92 Å². The number of allylic oxidation sites excluding steroid dienone is 2. The average molecular weight is 401 g/mol. The zero-order valence-electron chi connectivity index (χ0n) is 17.2. The fourth-order valence-electron chi connectivity index (χ4n) is 3.82. The van der Waals surface area contributed by atoms with E-state index in [2.05, 4.69) is 52.0 Å². The molecule has 0 saturated heterocycles. The smallest absolute Gasteiger partial charge is 0.223 e. The number of fused-ring (bicyclic) bond motifs is 1. The maximum Gasteiger partial charge on any atom is 0.223 e. The number of nitrogens with one attached hydrogen (secondary N) is 2. The number of rotatable bonds is 8. The number of carbonyl (C=O) groups excluding carboxylic acids is 1. The molecule has 0 radical (unpaired) electrons. The zero-order chi connectivity index (χ0) is 20.6. The number of aromatic nitrogens is 2. The Kier molecular flexibility index (Phi) is 6.70. The van der Waals surface area contributed by atoms with Gasteiger partial charge in [-0.25, -0.2) is 9.97 Å². The highest BCUT2D eigenvalue weighted by Crippen LogP contribution is 2.21. The SMILES string of the molecule is O=C(NCc1nc(NCCCc2ccccc2)c2ccccc2n1)C1CC=CCC1. The monoisotopic (exact) mass is 400 g/mol. The summed E-state index contributed by atoms with van der Waals surface area (Å²) in [7, 11) is 0. The molecule has 30 heavy (non-hydrogen) atoms. The van der Waals surface area contributed by atoms with Crippen molar-refractivity contribution in [3.63, 3.8) is 0 Å². The lowest BCUT2D eigenvalue weighted by Crippen LogP contribution is -2.31. The summed E-state index contributed by atoms with van der Waals surface area (Å²) in [5.74, 6) is 1.62. The van der Waals surface area contributed by atoms with Crippen molar-refractivity contribution in [3.8, 4) is 0 Å². The van der Waals surface area contributed by atoms with Crippen LogP contribution in [0.5, 0.6) is 0 Å². The van der Waals surface area contributed by atoms with Crippen LogP contribution in [-0.2, 0) is 17.8 Å². The molecular weight excluding hydrogens is 372 g/mol. The number of benzene rings is 2. The number of hydrogen-bond acceptors (Lipinski definition) is 4. The fourth-order valence-corrected chi connectivity index (χ4v) is 3.82. The Balaban J connectivity index is 1.40. The van der Waals surface area contributed by atoms with E-state index in [9.17, 15) is 4.79 Å². The van der Waals surface area contributed by atoms with Gasteiger partial charge < -0.3 is 10.6 Å². The minimum atomic E-state index is 0.0611. The van der Waals surface area contributed by atoms with Crippen molar-refractivity contribution < 1.29 is 4.79 Å². The number of hydrogen-bond donors (Lipinski definition) is 2. The van der Waals surface area contributed by atoms with E-state index in [1.54, 1.807) is 0 Å². The maximum atomic E-state index is 12.4. The zero-order valence-corrected chi connectivity index (χ0v) is 17.2. The molecule has 1 atom stereocenters. The lowest BCUT2D eigenvalue weighted by molar-refractivity contribution is -0.125. The molecule has 5 heteroatoms. The maximum absolute atomic E-state index is 12.4. The topological polar surface area (TPSA) is 66.9 Å². The number of nitrogens with zero attached hydrogens (tertiary/aromatic N) is 2. The van der Waals surface area contributed by atoms with Crippen molar-refractivity contribution in [3.05, 3.63) is 78.1 Å². The summed E-state index contributed by atoms with van der Waals surface area (Å²) in [5.41, 5.74) is 2.23. The fraction of sp³-hybridized carbons (Fsp3) is 0.320. The van der Waals surface area contributed by atoms with Crippen LogP contribution in [0, 0.1) is 5.92 Å². The predicted molar refractivity (Wildman–Crippen MR) is 121 cm³/mol. The van der Waals surface area contributed by atoms with E-state index in [0.717, 1.165) is 55.4 Å². The minimum absolute atomic E-state index is 0.0611. The number of aryl methyl sites for hydroxylation is 1. The molecule has 0 fully saturated rings. The van der Waals surface area contributed by atoms with Gasteiger partial charge in [0.2, 0.25) is 5.91 Å². The summed E-state index contributed by atoms with van der Waals surface area (Å²) in [6, 6.07) is 18.5. The van der Waals surface area contributed by atoms with Crippen LogP contribution in [0.4, 0.5) is 5.82 Å². The van der Waals surface area contributed by atoms with Gasteiger partial charge in [-0.1, -0.05) is 54.6 Å². The molecule has 0 aliphatic heterocycles. The van der Waals surface area contributed by atoms with Crippen LogP contribution < -0.4 is 10.6 Å². The molecule has 4 rings (SSSR count). The van der Waals surface area contributed by atoms with Gasteiger partial charge in [0, 0.05) is 17.8 Å². The normalized spacial score (nSPS) is 15.8. The van der Waals surface area contributed by atoms with Gasteiger partial charge in [0.05, 0.1) is 12.1 Å². The molecule has 1 aliphatic carbocycles. The van der Waals surface area contributed by atoms with Crippen molar-refractivity contribution in [2.45, 2.75) is 38.6 Å². The molecular formula is C25H28N4O. The van der Waals surface area contributed by atoms with E-state index >= 15 is 0 Å². The van der Waals surface area contributed by atoms with Crippen molar-refractivity contribution in [1.82, 2.24) is 15.3 Å². The second-order valence-corrected chi connectivity index (χ2v) is 7.72. The second kappa shape index (κ2) is 10.0. The van der Waals surface area contributed by atoms with Crippen LogP contribution in [0.3, 0.4) is 0 Å². The first-order valence-corrected chi connectivity index (χ1v) is 10.8. The molecule has 1 aromatic heterocycles. The van der Waals surface area contributed by atoms with Gasteiger partial charge in [-0.05, 0) is 49.8 Å². The van der Waals surface area contributed by atoms with Gasteiger partial charge in [-0.3, -0.25) is 4.79 Å². The Bertz CT molecular complexity index is 1020. The summed E-state index contributed by atoms with van der Waals surface area (Å²) in [4.78, 5) is 21.8. The molecule has 1 amide bonds. The van der Waals surface area contributed by atoms with Gasteiger partial charge >= 0.3 is 0 Å². The second-order valence-electron chi connectivity index (χ2n) is 7.72. The first-order chi connectivity index (χ1) is 14.8. The first-order valence-electron chi connectivity index (χ1n) is 10.8. The predicted octanol–water partition coefficient (Wildman–Crippen LogP) is 4.65. The highest BCUT2D eigenvalue weighted by Gasteiger charge is 2.18. The number of para-hydroxylation sites is 1. The molecule has 0 spiro atoms. The van der Waals surface area contributed by atoms with Gasteiger partial charge in [-0.2, -0.15) is 0 Å².